The second-order valence-corrected chi connectivity index (χ2v) is 4.67. The fourth-order valence-electron chi connectivity index (χ4n) is 2.36. The number of rotatable bonds is 2. The summed E-state index contributed by atoms with van der Waals surface area (Å²) in [5.41, 5.74) is 2.57. The molecule has 7 heteroatoms. The summed E-state index contributed by atoms with van der Waals surface area (Å²) in [6.07, 6.45) is 0. The van der Waals surface area contributed by atoms with E-state index in [9.17, 15) is 18.0 Å². The van der Waals surface area contributed by atoms with E-state index in [0.717, 1.165) is 6.07 Å². The molecule has 22 heavy (non-hydrogen) atoms. The molecule has 0 radical (unpaired) electrons. The average Bonchev–Trinajstić information content (AvgIpc) is 2.87. The summed E-state index contributed by atoms with van der Waals surface area (Å²) in [5, 5.41) is 0.0553. The zero-order valence-corrected chi connectivity index (χ0v) is 11.1. The Morgan fingerprint density at radius 3 is 2.36 bits per heavy atom. The van der Waals surface area contributed by atoms with Gasteiger partial charge in [-0.1, -0.05) is 0 Å². The third kappa shape index (κ3) is 2.21. The van der Waals surface area contributed by atoms with E-state index in [1.165, 1.54) is 24.3 Å². The van der Waals surface area contributed by atoms with E-state index in [1.54, 1.807) is 0 Å². The lowest BCUT2D eigenvalue weighted by Gasteiger charge is -2.04. The van der Waals surface area contributed by atoms with Crippen LogP contribution in [-0.4, -0.2) is 10.9 Å². The molecule has 0 fully saturated rings. The molecule has 0 spiro atoms. The molecule has 0 unspecified atom stereocenters. The van der Waals surface area contributed by atoms with Crippen LogP contribution in [0, 0.1) is 17.5 Å². The van der Waals surface area contributed by atoms with Crippen LogP contribution < -0.4 is 11.3 Å². The van der Waals surface area contributed by atoms with E-state index in [2.05, 4.69) is 4.98 Å². The molecule has 0 aliphatic rings. The minimum Gasteiger partial charge on any atom is -0.351 e. The van der Waals surface area contributed by atoms with Gasteiger partial charge in [0.2, 0.25) is 0 Å². The number of hydrogen-bond donors (Lipinski definition) is 3. The molecule has 112 valence electrons. The minimum atomic E-state index is -0.838. The number of aromatic nitrogens is 1. The molecule has 0 saturated heterocycles. The summed E-state index contributed by atoms with van der Waals surface area (Å²) >= 11 is 0. The molecular weight excluding hydrogens is 295 g/mol. The van der Waals surface area contributed by atoms with Crippen molar-refractivity contribution in [3.63, 3.8) is 0 Å². The van der Waals surface area contributed by atoms with Crippen LogP contribution in [0.2, 0.25) is 0 Å². The van der Waals surface area contributed by atoms with Crippen molar-refractivity contribution in [2.45, 2.75) is 0 Å². The number of fused-ring (bicyclic) bond motifs is 1. The van der Waals surface area contributed by atoms with E-state index in [1.807, 2.05) is 5.43 Å². The fraction of sp³-hybridized carbons (Fsp3) is 0. The van der Waals surface area contributed by atoms with Crippen LogP contribution >= 0.6 is 0 Å². The molecular formula is C15H10F3N3O. The minimum absolute atomic E-state index is 0.0116. The number of benzene rings is 2. The molecule has 0 aliphatic carbocycles. The van der Waals surface area contributed by atoms with Crippen molar-refractivity contribution in [2.24, 2.45) is 5.84 Å². The number of amides is 1. The van der Waals surface area contributed by atoms with Gasteiger partial charge < -0.3 is 4.98 Å². The van der Waals surface area contributed by atoms with Crippen molar-refractivity contribution in [3.8, 4) is 11.3 Å². The Kier molecular flexibility index (Phi) is 3.34. The molecule has 1 heterocycles. The Bertz CT molecular complexity index is 872. The predicted molar refractivity (Wildman–Crippen MR) is 75.3 cm³/mol. The Hall–Kier alpha value is -2.80. The average molecular weight is 305 g/mol. The summed E-state index contributed by atoms with van der Waals surface area (Å²) in [4.78, 5) is 14.7. The molecule has 0 aliphatic heterocycles. The van der Waals surface area contributed by atoms with Crippen LogP contribution in [0.3, 0.4) is 0 Å². The molecule has 3 aromatic rings. The number of halogens is 3. The number of hydrazine groups is 1. The van der Waals surface area contributed by atoms with E-state index >= 15 is 0 Å². The van der Waals surface area contributed by atoms with Crippen molar-refractivity contribution < 1.29 is 18.0 Å². The topological polar surface area (TPSA) is 70.9 Å². The van der Waals surface area contributed by atoms with Crippen molar-refractivity contribution in [2.75, 3.05) is 0 Å². The first-order chi connectivity index (χ1) is 10.5. The van der Waals surface area contributed by atoms with Crippen molar-refractivity contribution in [1.29, 1.82) is 0 Å². The van der Waals surface area contributed by atoms with Gasteiger partial charge in [-0.2, -0.15) is 0 Å². The zero-order valence-electron chi connectivity index (χ0n) is 11.1. The van der Waals surface area contributed by atoms with Gasteiger partial charge in [0.05, 0.1) is 16.8 Å². The lowest BCUT2D eigenvalue weighted by Crippen LogP contribution is -2.30. The van der Waals surface area contributed by atoms with Crippen LogP contribution in [0.4, 0.5) is 13.2 Å². The van der Waals surface area contributed by atoms with E-state index in [4.69, 9.17) is 5.84 Å². The fourth-order valence-corrected chi connectivity index (χ4v) is 2.36. The van der Waals surface area contributed by atoms with Gasteiger partial charge in [-0.05, 0) is 35.9 Å². The van der Waals surface area contributed by atoms with Gasteiger partial charge >= 0.3 is 0 Å². The SMILES string of the molecule is NNC(=O)c1c(-c2ccc(F)cc2)[nH]c2c(F)cc(F)cc12. The molecule has 2 aromatic carbocycles. The van der Waals surface area contributed by atoms with Gasteiger partial charge in [0, 0.05) is 11.5 Å². The summed E-state index contributed by atoms with van der Waals surface area (Å²) in [5.74, 6) is 2.31. The molecule has 1 amide bonds. The number of carbonyl (C=O) groups excluding carboxylic acids is 1. The van der Waals surface area contributed by atoms with Crippen LogP contribution in [0.15, 0.2) is 36.4 Å². The quantitative estimate of drug-likeness (QED) is 0.387. The lowest BCUT2D eigenvalue weighted by atomic mass is 10.0. The van der Waals surface area contributed by atoms with E-state index in [0.29, 0.717) is 11.6 Å². The van der Waals surface area contributed by atoms with Crippen LogP contribution in [0.25, 0.3) is 22.2 Å². The van der Waals surface area contributed by atoms with E-state index in [-0.39, 0.29) is 22.2 Å². The smallest absolute Gasteiger partial charge is 0.268 e. The number of carbonyl (C=O) groups is 1. The Morgan fingerprint density at radius 1 is 1.05 bits per heavy atom. The molecule has 0 bridgehead atoms. The maximum absolute atomic E-state index is 13.9. The number of aromatic amines is 1. The maximum atomic E-state index is 13.9. The summed E-state index contributed by atoms with van der Waals surface area (Å²) < 4.78 is 40.4. The zero-order chi connectivity index (χ0) is 15.9. The number of nitrogens with two attached hydrogens (primary N) is 1. The number of nitrogen functional groups attached to an aromatic ring is 1. The lowest BCUT2D eigenvalue weighted by molar-refractivity contribution is 0.0956. The van der Waals surface area contributed by atoms with Gasteiger partial charge in [0.15, 0.2) is 0 Å². The van der Waals surface area contributed by atoms with Crippen molar-refractivity contribution in [3.05, 3.63) is 59.4 Å². The van der Waals surface area contributed by atoms with Crippen LogP contribution in [-0.2, 0) is 0 Å². The summed E-state index contributed by atoms with van der Waals surface area (Å²) in [7, 11) is 0. The highest BCUT2D eigenvalue weighted by atomic mass is 19.1. The first-order valence-corrected chi connectivity index (χ1v) is 6.29. The van der Waals surface area contributed by atoms with Gasteiger partial charge in [0.1, 0.15) is 17.5 Å². The Labute approximate surface area is 122 Å². The molecule has 1 aromatic heterocycles. The number of hydrogen-bond acceptors (Lipinski definition) is 2. The predicted octanol–water partition coefficient (Wildman–Crippen LogP) is 2.86. The second-order valence-electron chi connectivity index (χ2n) is 4.67. The molecule has 0 saturated carbocycles. The Morgan fingerprint density at radius 2 is 1.73 bits per heavy atom. The normalized spacial score (nSPS) is 10.9. The highest BCUT2D eigenvalue weighted by Crippen LogP contribution is 2.32. The second kappa shape index (κ2) is 5.19. The third-order valence-electron chi connectivity index (χ3n) is 3.32. The van der Waals surface area contributed by atoms with Crippen LogP contribution in [0.1, 0.15) is 10.4 Å². The molecule has 4 N–H and O–H groups in total. The highest BCUT2D eigenvalue weighted by molar-refractivity contribution is 6.12. The highest BCUT2D eigenvalue weighted by Gasteiger charge is 2.21. The third-order valence-corrected chi connectivity index (χ3v) is 3.32. The monoisotopic (exact) mass is 305 g/mol. The van der Waals surface area contributed by atoms with Gasteiger partial charge in [-0.3, -0.25) is 10.2 Å². The van der Waals surface area contributed by atoms with Gasteiger partial charge in [-0.25, -0.2) is 19.0 Å². The Balaban J connectivity index is 2.36. The van der Waals surface area contributed by atoms with Crippen molar-refractivity contribution in [1.82, 2.24) is 10.4 Å². The van der Waals surface area contributed by atoms with Gasteiger partial charge in [-0.15, -0.1) is 0 Å². The molecule has 4 nitrogen and oxygen atoms in total. The summed E-state index contributed by atoms with van der Waals surface area (Å²) in [6, 6.07) is 6.97. The molecule has 0 atom stereocenters. The summed E-state index contributed by atoms with van der Waals surface area (Å²) in [6.45, 7) is 0. The number of H-pyrrole nitrogens is 1. The van der Waals surface area contributed by atoms with E-state index < -0.39 is 23.4 Å². The standard InChI is InChI=1S/C15H10F3N3O/c16-8-3-1-7(2-4-8)13-12(15(22)21-19)10-5-9(17)6-11(18)14(10)20-13/h1-6,20H,19H2,(H,21,22). The van der Waals surface area contributed by atoms with Crippen molar-refractivity contribution >= 4 is 16.8 Å². The van der Waals surface area contributed by atoms with Gasteiger partial charge in [0.25, 0.3) is 5.91 Å². The maximum Gasteiger partial charge on any atom is 0.268 e. The van der Waals surface area contributed by atoms with Crippen LogP contribution in [0.5, 0.6) is 0 Å². The first kappa shape index (κ1) is 14.2. The number of nitrogens with one attached hydrogen (secondary N) is 2. The largest absolute Gasteiger partial charge is 0.351 e. The first-order valence-electron chi connectivity index (χ1n) is 6.29. The molecule has 3 rings (SSSR count).